The van der Waals surface area contributed by atoms with Crippen molar-refractivity contribution in [2.24, 2.45) is 5.73 Å². The van der Waals surface area contributed by atoms with Gasteiger partial charge in [-0.3, -0.25) is 4.79 Å². The molecule has 3 nitrogen and oxygen atoms in total. The van der Waals surface area contributed by atoms with Crippen molar-refractivity contribution in [2.75, 3.05) is 6.54 Å². The lowest BCUT2D eigenvalue weighted by atomic mass is 9.96. The molecule has 0 saturated heterocycles. The predicted octanol–water partition coefficient (Wildman–Crippen LogP) is 4.51. The molecule has 0 spiro atoms. The van der Waals surface area contributed by atoms with Gasteiger partial charge >= 0.3 is 6.18 Å². The van der Waals surface area contributed by atoms with Gasteiger partial charge in [0.25, 0.3) is 5.91 Å². The molecule has 2 aromatic carbocycles. The number of halogens is 4. The van der Waals surface area contributed by atoms with E-state index in [1.807, 2.05) is 6.92 Å². The SMILES string of the molecule is CC(CCNC(=O)c1ccc(CN)cc1)c1cccc(C(F)(F)F)c1.Cl. The van der Waals surface area contributed by atoms with E-state index in [4.69, 9.17) is 5.73 Å². The Balaban J connectivity index is 0.00000338. The van der Waals surface area contributed by atoms with Crippen molar-refractivity contribution < 1.29 is 18.0 Å². The second-order valence-corrected chi connectivity index (χ2v) is 5.97. The molecule has 142 valence electrons. The van der Waals surface area contributed by atoms with Gasteiger partial charge in [-0.05, 0) is 41.7 Å². The minimum absolute atomic E-state index is 0. The lowest BCUT2D eigenvalue weighted by molar-refractivity contribution is -0.137. The fourth-order valence-electron chi connectivity index (χ4n) is 2.48. The lowest BCUT2D eigenvalue weighted by Gasteiger charge is -2.15. The first kappa shape index (κ1) is 22.0. The van der Waals surface area contributed by atoms with Gasteiger partial charge in [-0.15, -0.1) is 12.4 Å². The maximum Gasteiger partial charge on any atom is 0.416 e. The third kappa shape index (κ3) is 6.04. The van der Waals surface area contributed by atoms with Crippen molar-refractivity contribution in [2.45, 2.75) is 32.0 Å². The summed E-state index contributed by atoms with van der Waals surface area (Å²) in [6.45, 7) is 2.64. The number of benzene rings is 2. The zero-order valence-electron chi connectivity index (χ0n) is 14.3. The molecule has 0 aromatic heterocycles. The van der Waals surface area contributed by atoms with Gasteiger partial charge in [0.05, 0.1) is 5.56 Å². The highest BCUT2D eigenvalue weighted by molar-refractivity contribution is 5.94. The topological polar surface area (TPSA) is 55.1 Å². The summed E-state index contributed by atoms with van der Waals surface area (Å²) in [4.78, 5) is 12.1. The van der Waals surface area contributed by atoms with Crippen LogP contribution in [0.5, 0.6) is 0 Å². The standard InChI is InChI=1S/C19H21F3N2O.ClH/c1-13(16-3-2-4-17(11-16)19(20,21)22)9-10-24-18(25)15-7-5-14(12-23)6-8-15;/h2-8,11,13H,9-10,12,23H2,1H3,(H,24,25);1H. The highest BCUT2D eigenvalue weighted by atomic mass is 35.5. The molecule has 0 bridgehead atoms. The van der Waals surface area contributed by atoms with Crippen LogP contribution in [0, 0.1) is 0 Å². The Morgan fingerprint density at radius 1 is 1.15 bits per heavy atom. The van der Waals surface area contributed by atoms with Gasteiger partial charge in [0.1, 0.15) is 0 Å². The summed E-state index contributed by atoms with van der Waals surface area (Å²) in [5, 5.41) is 2.79. The highest BCUT2D eigenvalue weighted by Crippen LogP contribution is 2.31. The van der Waals surface area contributed by atoms with E-state index in [2.05, 4.69) is 5.32 Å². The van der Waals surface area contributed by atoms with Crippen molar-refractivity contribution in [3.63, 3.8) is 0 Å². The van der Waals surface area contributed by atoms with Crippen LogP contribution in [-0.4, -0.2) is 12.5 Å². The van der Waals surface area contributed by atoms with Crippen LogP contribution in [0.1, 0.15) is 46.3 Å². The van der Waals surface area contributed by atoms with Crippen LogP contribution >= 0.6 is 12.4 Å². The molecule has 0 heterocycles. The van der Waals surface area contributed by atoms with E-state index in [-0.39, 0.29) is 24.2 Å². The summed E-state index contributed by atoms with van der Waals surface area (Å²) < 4.78 is 38.3. The highest BCUT2D eigenvalue weighted by Gasteiger charge is 2.30. The molecule has 26 heavy (non-hydrogen) atoms. The van der Waals surface area contributed by atoms with Gasteiger partial charge in [0.15, 0.2) is 0 Å². The fourth-order valence-corrected chi connectivity index (χ4v) is 2.48. The number of carbonyl (C=O) groups excluding carboxylic acids is 1. The Hall–Kier alpha value is -2.05. The number of carbonyl (C=O) groups is 1. The summed E-state index contributed by atoms with van der Waals surface area (Å²) in [6, 6.07) is 12.3. The largest absolute Gasteiger partial charge is 0.416 e. The maximum atomic E-state index is 12.8. The Morgan fingerprint density at radius 2 is 1.81 bits per heavy atom. The molecule has 3 N–H and O–H groups in total. The molecule has 0 aliphatic rings. The number of hydrogen-bond donors (Lipinski definition) is 2. The normalized spacial score (nSPS) is 12.2. The zero-order valence-corrected chi connectivity index (χ0v) is 15.2. The number of rotatable bonds is 6. The molecule has 1 unspecified atom stereocenters. The fraction of sp³-hybridized carbons (Fsp3) is 0.316. The second-order valence-electron chi connectivity index (χ2n) is 5.97. The Kier molecular flexibility index (Phi) is 8.11. The average Bonchev–Trinajstić information content (AvgIpc) is 2.61. The van der Waals surface area contributed by atoms with Gasteiger partial charge in [-0.2, -0.15) is 13.2 Å². The quantitative estimate of drug-likeness (QED) is 0.767. The van der Waals surface area contributed by atoms with Crippen LogP contribution < -0.4 is 11.1 Å². The van der Waals surface area contributed by atoms with Crippen LogP contribution in [-0.2, 0) is 12.7 Å². The van der Waals surface area contributed by atoms with Crippen molar-refractivity contribution in [1.82, 2.24) is 5.32 Å². The second kappa shape index (κ2) is 9.59. The first-order chi connectivity index (χ1) is 11.8. The van der Waals surface area contributed by atoms with E-state index >= 15 is 0 Å². The van der Waals surface area contributed by atoms with E-state index in [0.29, 0.717) is 30.6 Å². The van der Waals surface area contributed by atoms with Crippen molar-refractivity contribution in [3.8, 4) is 0 Å². The van der Waals surface area contributed by atoms with E-state index in [1.165, 1.54) is 6.07 Å². The average molecular weight is 387 g/mol. The van der Waals surface area contributed by atoms with Gasteiger partial charge < -0.3 is 11.1 Å². The molecule has 1 atom stereocenters. The first-order valence-corrected chi connectivity index (χ1v) is 8.05. The van der Waals surface area contributed by atoms with Crippen LogP contribution in [0.4, 0.5) is 13.2 Å². The van der Waals surface area contributed by atoms with Crippen LogP contribution in [0.15, 0.2) is 48.5 Å². The molecule has 0 aliphatic heterocycles. The van der Waals surface area contributed by atoms with Crippen molar-refractivity contribution in [3.05, 3.63) is 70.8 Å². The minimum atomic E-state index is -4.35. The summed E-state index contributed by atoms with van der Waals surface area (Å²) in [5.41, 5.74) is 6.94. The molecule has 0 fully saturated rings. The smallest absolute Gasteiger partial charge is 0.352 e. The number of amides is 1. The van der Waals surface area contributed by atoms with E-state index in [0.717, 1.165) is 17.7 Å². The molecular formula is C19H22ClF3N2O. The van der Waals surface area contributed by atoms with Crippen LogP contribution in [0.25, 0.3) is 0 Å². The number of nitrogens with one attached hydrogen (secondary N) is 1. The molecule has 0 radical (unpaired) electrons. The lowest BCUT2D eigenvalue weighted by Crippen LogP contribution is -2.25. The maximum absolute atomic E-state index is 12.8. The van der Waals surface area contributed by atoms with Crippen molar-refractivity contribution in [1.29, 1.82) is 0 Å². The summed E-state index contributed by atoms with van der Waals surface area (Å²) in [6.07, 6.45) is -3.80. The Morgan fingerprint density at radius 3 is 2.38 bits per heavy atom. The Labute approximate surface area is 157 Å². The van der Waals surface area contributed by atoms with Gasteiger partial charge in [-0.1, -0.05) is 37.3 Å². The number of hydrogen-bond acceptors (Lipinski definition) is 2. The molecule has 7 heteroatoms. The first-order valence-electron chi connectivity index (χ1n) is 8.05. The van der Waals surface area contributed by atoms with E-state index in [9.17, 15) is 18.0 Å². The summed E-state index contributed by atoms with van der Waals surface area (Å²) in [7, 11) is 0. The van der Waals surface area contributed by atoms with Crippen molar-refractivity contribution >= 4 is 18.3 Å². The third-order valence-corrected chi connectivity index (χ3v) is 4.10. The summed E-state index contributed by atoms with van der Waals surface area (Å²) in [5.74, 6) is -0.304. The minimum Gasteiger partial charge on any atom is -0.352 e. The van der Waals surface area contributed by atoms with E-state index in [1.54, 1.807) is 30.3 Å². The molecule has 0 aliphatic carbocycles. The number of alkyl halides is 3. The molecular weight excluding hydrogens is 365 g/mol. The van der Waals surface area contributed by atoms with Gasteiger partial charge in [0.2, 0.25) is 0 Å². The molecule has 2 aromatic rings. The monoisotopic (exact) mass is 386 g/mol. The molecule has 2 rings (SSSR count). The number of nitrogens with two attached hydrogens (primary N) is 1. The van der Waals surface area contributed by atoms with Gasteiger partial charge in [0, 0.05) is 18.7 Å². The van der Waals surface area contributed by atoms with Gasteiger partial charge in [-0.25, -0.2) is 0 Å². The predicted molar refractivity (Wildman–Crippen MR) is 98.4 cm³/mol. The molecule has 1 amide bonds. The third-order valence-electron chi connectivity index (χ3n) is 4.10. The molecule has 0 saturated carbocycles. The zero-order chi connectivity index (χ0) is 18.4. The summed E-state index contributed by atoms with van der Waals surface area (Å²) >= 11 is 0. The Bertz CT molecular complexity index is 717. The van der Waals surface area contributed by atoms with E-state index < -0.39 is 11.7 Å². The van der Waals surface area contributed by atoms with Crippen LogP contribution in [0.3, 0.4) is 0 Å². The van der Waals surface area contributed by atoms with Crippen LogP contribution in [0.2, 0.25) is 0 Å².